The van der Waals surface area contributed by atoms with Crippen LogP contribution in [0.4, 0.5) is 4.39 Å². The van der Waals surface area contributed by atoms with Crippen molar-refractivity contribution in [1.82, 2.24) is 4.90 Å². The third-order valence-electron chi connectivity index (χ3n) is 2.83. The highest BCUT2D eigenvalue weighted by molar-refractivity contribution is 5.27. The molecular weight excluding hydrogens is 231 g/mol. The number of nitrogens with two attached hydrogens (primary N) is 1. The summed E-state index contributed by atoms with van der Waals surface area (Å²) in [4.78, 5) is 2.10. The molecule has 1 heterocycles. The van der Waals surface area contributed by atoms with Gasteiger partial charge in [0.25, 0.3) is 0 Å². The Balaban J connectivity index is 2.04. The Hall–Kier alpha value is -1.65. The number of hydrogen-bond donors (Lipinski definition) is 1. The van der Waals surface area contributed by atoms with E-state index in [9.17, 15) is 4.39 Å². The first-order valence-electron chi connectivity index (χ1n) is 5.87. The predicted octanol–water partition coefficient (Wildman–Crippen LogP) is 2.51. The summed E-state index contributed by atoms with van der Waals surface area (Å²) in [6, 6.07) is 8.55. The second kappa shape index (κ2) is 5.80. The normalized spacial score (nSPS) is 11.1. The summed E-state index contributed by atoms with van der Waals surface area (Å²) in [7, 11) is 1.99. The van der Waals surface area contributed by atoms with Gasteiger partial charge in [0, 0.05) is 13.1 Å². The first-order chi connectivity index (χ1) is 8.69. The van der Waals surface area contributed by atoms with Gasteiger partial charge in [0.05, 0.1) is 12.8 Å². The number of furan rings is 1. The maximum atomic E-state index is 13.1. The molecule has 0 aliphatic carbocycles. The maximum absolute atomic E-state index is 13.1. The van der Waals surface area contributed by atoms with Crippen molar-refractivity contribution in [3.05, 3.63) is 59.3 Å². The third kappa shape index (κ3) is 3.18. The molecule has 0 atom stereocenters. The van der Waals surface area contributed by atoms with Crippen LogP contribution in [-0.4, -0.2) is 11.9 Å². The Labute approximate surface area is 106 Å². The third-order valence-corrected chi connectivity index (χ3v) is 2.83. The number of rotatable bonds is 5. The molecule has 18 heavy (non-hydrogen) atoms. The molecule has 2 rings (SSSR count). The average Bonchev–Trinajstić information content (AvgIpc) is 2.84. The van der Waals surface area contributed by atoms with E-state index in [4.69, 9.17) is 10.2 Å². The fourth-order valence-corrected chi connectivity index (χ4v) is 1.95. The summed E-state index contributed by atoms with van der Waals surface area (Å²) in [5, 5.41) is 0. The van der Waals surface area contributed by atoms with Crippen molar-refractivity contribution in [3.8, 4) is 0 Å². The zero-order valence-corrected chi connectivity index (χ0v) is 10.4. The summed E-state index contributed by atoms with van der Waals surface area (Å²) in [6.07, 6.45) is 1.66. The van der Waals surface area contributed by atoms with Crippen LogP contribution in [0.3, 0.4) is 0 Å². The largest absolute Gasteiger partial charge is 0.468 e. The minimum absolute atomic E-state index is 0.243. The van der Waals surface area contributed by atoms with Crippen LogP contribution in [-0.2, 0) is 19.6 Å². The minimum Gasteiger partial charge on any atom is -0.468 e. The van der Waals surface area contributed by atoms with Crippen molar-refractivity contribution in [2.24, 2.45) is 5.73 Å². The van der Waals surface area contributed by atoms with Crippen molar-refractivity contribution in [3.63, 3.8) is 0 Å². The zero-order valence-electron chi connectivity index (χ0n) is 10.4. The minimum atomic E-state index is -0.243. The van der Waals surface area contributed by atoms with E-state index in [1.165, 1.54) is 12.1 Å². The molecule has 1 aromatic heterocycles. The molecule has 0 aliphatic rings. The van der Waals surface area contributed by atoms with Gasteiger partial charge in [-0.15, -0.1) is 0 Å². The van der Waals surface area contributed by atoms with E-state index in [-0.39, 0.29) is 5.82 Å². The maximum Gasteiger partial charge on any atom is 0.123 e. The van der Waals surface area contributed by atoms with E-state index >= 15 is 0 Å². The molecule has 4 heteroatoms. The van der Waals surface area contributed by atoms with E-state index in [0.717, 1.165) is 16.9 Å². The lowest BCUT2D eigenvalue weighted by molar-refractivity contribution is 0.287. The van der Waals surface area contributed by atoms with Crippen molar-refractivity contribution < 1.29 is 8.81 Å². The molecule has 2 aromatic rings. The van der Waals surface area contributed by atoms with Gasteiger partial charge in [0.1, 0.15) is 11.6 Å². The first-order valence-corrected chi connectivity index (χ1v) is 5.87. The second-order valence-corrected chi connectivity index (χ2v) is 4.37. The summed E-state index contributed by atoms with van der Waals surface area (Å²) >= 11 is 0. The van der Waals surface area contributed by atoms with Crippen LogP contribution in [0.25, 0.3) is 0 Å². The van der Waals surface area contributed by atoms with Crippen LogP contribution < -0.4 is 5.73 Å². The Kier molecular flexibility index (Phi) is 4.12. The predicted molar refractivity (Wildman–Crippen MR) is 68.2 cm³/mol. The first kappa shape index (κ1) is 12.8. The van der Waals surface area contributed by atoms with Gasteiger partial charge in [-0.05, 0) is 42.4 Å². The quantitative estimate of drug-likeness (QED) is 0.884. The van der Waals surface area contributed by atoms with Gasteiger partial charge >= 0.3 is 0 Å². The summed E-state index contributed by atoms with van der Waals surface area (Å²) in [6.45, 7) is 1.78. The monoisotopic (exact) mass is 248 g/mol. The number of halogens is 1. The Bertz CT molecular complexity index is 497. The standard InChI is InChI=1S/C14H17FN2O/c1-17(10-14-3-2-6-18-14)9-11-4-5-13(15)7-12(11)8-16/h2-7H,8-10,16H2,1H3. The highest BCUT2D eigenvalue weighted by atomic mass is 19.1. The highest BCUT2D eigenvalue weighted by Crippen LogP contribution is 2.14. The summed E-state index contributed by atoms with van der Waals surface area (Å²) in [5.41, 5.74) is 7.53. The molecule has 0 spiro atoms. The van der Waals surface area contributed by atoms with Crippen LogP contribution in [0.1, 0.15) is 16.9 Å². The van der Waals surface area contributed by atoms with E-state index in [1.807, 2.05) is 19.2 Å². The van der Waals surface area contributed by atoms with Gasteiger partial charge in [-0.3, -0.25) is 4.90 Å². The van der Waals surface area contributed by atoms with Gasteiger partial charge in [-0.2, -0.15) is 0 Å². The second-order valence-electron chi connectivity index (χ2n) is 4.37. The van der Waals surface area contributed by atoms with Crippen molar-refractivity contribution >= 4 is 0 Å². The van der Waals surface area contributed by atoms with Gasteiger partial charge in [-0.25, -0.2) is 4.39 Å². The lowest BCUT2D eigenvalue weighted by atomic mass is 10.1. The average molecular weight is 248 g/mol. The molecule has 0 radical (unpaired) electrons. The van der Waals surface area contributed by atoms with Gasteiger partial charge in [0.15, 0.2) is 0 Å². The molecule has 0 amide bonds. The van der Waals surface area contributed by atoms with Crippen LogP contribution in [0.5, 0.6) is 0 Å². The smallest absolute Gasteiger partial charge is 0.123 e. The van der Waals surface area contributed by atoms with Gasteiger partial charge < -0.3 is 10.2 Å². The topological polar surface area (TPSA) is 42.4 Å². The molecule has 0 unspecified atom stereocenters. The van der Waals surface area contributed by atoms with E-state index in [0.29, 0.717) is 19.6 Å². The Morgan fingerprint density at radius 3 is 2.72 bits per heavy atom. The molecule has 3 nitrogen and oxygen atoms in total. The van der Waals surface area contributed by atoms with Gasteiger partial charge in [0.2, 0.25) is 0 Å². The Morgan fingerprint density at radius 1 is 1.22 bits per heavy atom. The molecule has 0 aliphatic heterocycles. The SMILES string of the molecule is CN(Cc1ccco1)Cc1ccc(F)cc1CN. The lowest BCUT2D eigenvalue weighted by Crippen LogP contribution is -2.18. The zero-order chi connectivity index (χ0) is 13.0. The molecule has 1 aromatic carbocycles. The van der Waals surface area contributed by atoms with Crippen molar-refractivity contribution in [2.75, 3.05) is 7.05 Å². The van der Waals surface area contributed by atoms with Crippen LogP contribution in [0.2, 0.25) is 0 Å². The van der Waals surface area contributed by atoms with Crippen molar-refractivity contribution in [2.45, 2.75) is 19.6 Å². The van der Waals surface area contributed by atoms with Crippen LogP contribution >= 0.6 is 0 Å². The highest BCUT2D eigenvalue weighted by Gasteiger charge is 2.07. The number of hydrogen-bond acceptors (Lipinski definition) is 3. The van der Waals surface area contributed by atoms with Crippen LogP contribution in [0, 0.1) is 5.82 Å². The van der Waals surface area contributed by atoms with E-state index in [1.54, 1.807) is 12.3 Å². The number of benzene rings is 1. The van der Waals surface area contributed by atoms with Crippen molar-refractivity contribution in [1.29, 1.82) is 0 Å². The molecule has 0 bridgehead atoms. The van der Waals surface area contributed by atoms with Gasteiger partial charge in [-0.1, -0.05) is 6.07 Å². The number of nitrogens with zero attached hydrogens (tertiary/aromatic N) is 1. The molecule has 0 saturated carbocycles. The summed E-state index contributed by atoms with van der Waals surface area (Å²) < 4.78 is 18.4. The van der Waals surface area contributed by atoms with E-state index < -0.39 is 0 Å². The van der Waals surface area contributed by atoms with Crippen LogP contribution in [0.15, 0.2) is 41.0 Å². The molecular formula is C14H17FN2O. The fraction of sp³-hybridized carbons (Fsp3) is 0.286. The lowest BCUT2D eigenvalue weighted by Gasteiger charge is -2.17. The molecule has 2 N–H and O–H groups in total. The Morgan fingerprint density at radius 2 is 2.06 bits per heavy atom. The molecule has 0 fully saturated rings. The molecule has 96 valence electrons. The molecule has 0 saturated heterocycles. The summed E-state index contributed by atoms with van der Waals surface area (Å²) in [5.74, 6) is 0.668. The fourth-order valence-electron chi connectivity index (χ4n) is 1.95. The van der Waals surface area contributed by atoms with E-state index in [2.05, 4.69) is 4.90 Å².